The van der Waals surface area contributed by atoms with E-state index in [1.54, 1.807) is 7.11 Å². The Hall–Kier alpha value is -1.01. The Balaban J connectivity index is 1.74. The summed E-state index contributed by atoms with van der Waals surface area (Å²) in [6, 6.07) is 0. The van der Waals surface area contributed by atoms with E-state index < -0.39 is 6.17 Å². The molecule has 2 saturated carbocycles. The van der Waals surface area contributed by atoms with Crippen molar-refractivity contribution in [3.8, 4) is 0 Å². The Morgan fingerprint density at radius 1 is 1.35 bits per heavy atom. The lowest BCUT2D eigenvalue weighted by Gasteiger charge is -2.39. The Kier molecular flexibility index (Phi) is 5.31. The van der Waals surface area contributed by atoms with Crippen LogP contribution in [-0.2, 0) is 16.1 Å². The third-order valence-corrected chi connectivity index (χ3v) is 5.94. The van der Waals surface area contributed by atoms with Crippen LogP contribution in [0.1, 0.15) is 37.0 Å². The number of hydrogen-bond donors (Lipinski definition) is 0. The van der Waals surface area contributed by atoms with E-state index in [0.717, 1.165) is 28.9 Å². The predicted molar refractivity (Wildman–Crippen MR) is 87.9 cm³/mol. The molecule has 2 aliphatic carbocycles. The fraction of sp³-hybridized carbons (Fsp3) is 0.765. The maximum absolute atomic E-state index is 13.6. The molecule has 128 valence electrons. The summed E-state index contributed by atoms with van der Waals surface area (Å²) in [5, 5.41) is 0. The first-order valence-electron chi connectivity index (χ1n) is 8.43. The standard InChI is InChI=1S/C17H25FN2O2S/c1-11-10-20(3-4-22-2)17(23-11)19-16(21)14-6-12-5-13(7-14)9-15(18)8-12/h10,12-15H,3-9H2,1-2H3/t12-,13+,14?,15?. The van der Waals surface area contributed by atoms with Crippen molar-refractivity contribution in [1.82, 2.24) is 4.57 Å². The molecule has 0 aromatic carbocycles. The van der Waals surface area contributed by atoms with Crippen LogP contribution in [0.25, 0.3) is 0 Å². The van der Waals surface area contributed by atoms with E-state index in [1.165, 1.54) is 11.3 Å². The number of nitrogens with zero attached hydrogens (tertiary/aromatic N) is 2. The number of fused-ring (bicyclic) bond motifs is 2. The van der Waals surface area contributed by atoms with Crippen LogP contribution in [0.4, 0.5) is 4.39 Å². The van der Waals surface area contributed by atoms with Gasteiger partial charge < -0.3 is 9.30 Å². The second-order valence-electron chi connectivity index (χ2n) is 6.97. The zero-order chi connectivity index (χ0) is 16.4. The lowest BCUT2D eigenvalue weighted by Crippen LogP contribution is -2.35. The molecule has 2 fully saturated rings. The molecule has 1 heterocycles. The van der Waals surface area contributed by atoms with E-state index in [2.05, 4.69) is 4.99 Å². The molecular weight excluding hydrogens is 315 g/mol. The van der Waals surface area contributed by atoms with Gasteiger partial charge in [0.15, 0.2) is 4.80 Å². The summed E-state index contributed by atoms with van der Waals surface area (Å²) in [6.45, 7) is 3.32. The topological polar surface area (TPSA) is 43.6 Å². The van der Waals surface area contributed by atoms with Crippen LogP contribution in [0.3, 0.4) is 0 Å². The number of hydrogen-bond acceptors (Lipinski definition) is 3. The van der Waals surface area contributed by atoms with E-state index in [9.17, 15) is 9.18 Å². The van der Waals surface area contributed by atoms with Gasteiger partial charge in [-0.2, -0.15) is 4.99 Å². The molecule has 3 rings (SSSR count). The summed E-state index contributed by atoms with van der Waals surface area (Å²) >= 11 is 1.54. The summed E-state index contributed by atoms with van der Waals surface area (Å²) < 4.78 is 20.7. The van der Waals surface area contributed by atoms with Crippen LogP contribution >= 0.6 is 11.3 Å². The van der Waals surface area contributed by atoms with Crippen molar-refractivity contribution in [2.45, 2.75) is 51.7 Å². The highest BCUT2D eigenvalue weighted by Crippen LogP contribution is 2.43. The van der Waals surface area contributed by atoms with Gasteiger partial charge in [-0.3, -0.25) is 4.79 Å². The van der Waals surface area contributed by atoms with Gasteiger partial charge >= 0.3 is 0 Å². The predicted octanol–water partition coefficient (Wildman–Crippen LogP) is 3.10. The molecule has 0 spiro atoms. The van der Waals surface area contributed by atoms with Gasteiger partial charge in [0, 0.05) is 30.6 Å². The number of ether oxygens (including phenoxy) is 1. The summed E-state index contributed by atoms with van der Waals surface area (Å²) in [5.41, 5.74) is 0. The normalized spacial score (nSPS) is 31.3. The Labute approximate surface area is 140 Å². The molecule has 0 aliphatic heterocycles. The van der Waals surface area contributed by atoms with Crippen molar-refractivity contribution in [3.05, 3.63) is 15.9 Å². The summed E-state index contributed by atoms with van der Waals surface area (Å²) in [5.74, 6) is 0.689. The molecule has 6 heteroatoms. The highest BCUT2D eigenvalue weighted by Gasteiger charge is 2.38. The molecule has 0 radical (unpaired) electrons. The maximum Gasteiger partial charge on any atom is 0.251 e. The van der Waals surface area contributed by atoms with Gasteiger partial charge in [-0.15, -0.1) is 11.3 Å². The number of alkyl halides is 1. The van der Waals surface area contributed by atoms with E-state index in [0.29, 0.717) is 37.8 Å². The average molecular weight is 340 g/mol. The smallest absolute Gasteiger partial charge is 0.251 e. The van der Waals surface area contributed by atoms with Gasteiger partial charge in [0.1, 0.15) is 6.17 Å². The van der Waals surface area contributed by atoms with Crippen LogP contribution in [0, 0.1) is 24.7 Å². The molecule has 0 saturated heterocycles. The number of amides is 1. The number of aromatic nitrogens is 1. The molecule has 23 heavy (non-hydrogen) atoms. The van der Waals surface area contributed by atoms with Gasteiger partial charge in [0.2, 0.25) is 0 Å². The molecule has 1 aromatic heterocycles. The van der Waals surface area contributed by atoms with Gasteiger partial charge in [-0.25, -0.2) is 4.39 Å². The van der Waals surface area contributed by atoms with Crippen molar-refractivity contribution in [2.75, 3.05) is 13.7 Å². The highest BCUT2D eigenvalue weighted by molar-refractivity contribution is 7.09. The first-order chi connectivity index (χ1) is 11.0. The summed E-state index contributed by atoms with van der Waals surface area (Å²) in [6.07, 6.45) is 5.32. The van der Waals surface area contributed by atoms with Crippen molar-refractivity contribution in [2.24, 2.45) is 22.7 Å². The number of rotatable bonds is 4. The van der Waals surface area contributed by atoms with Crippen molar-refractivity contribution in [3.63, 3.8) is 0 Å². The molecule has 2 unspecified atom stereocenters. The Bertz CT molecular complexity index is 606. The lowest BCUT2D eigenvalue weighted by molar-refractivity contribution is -0.124. The molecule has 1 aromatic rings. The minimum absolute atomic E-state index is 0.0231. The Morgan fingerprint density at radius 2 is 2.04 bits per heavy atom. The molecule has 4 nitrogen and oxygen atoms in total. The zero-order valence-corrected chi connectivity index (χ0v) is 14.7. The van der Waals surface area contributed by atoms with Crippen molar-refractivity contribution in [1.29, 1.82) is 0 Å². The third-order valence-electron chi connectivity index (χ3n) is 5.01. The van der Waals surface area contributed by atoms with E-state index in [4.69, 9.17) is 4.74 Å². The van der Waals surface area contributed by atoms with Crippen LogP contribution in [0.15, 0.2) is 11.2 Å². The lowest BCUT2D eigenvalue weighted by atomic mass is 9.67. The largest absolute Gasteiger partial charge is 0.383 e. The molecular formula is C17H25FN2O2S. The summed E-state index contributed by atoms with van der Waals surface area (Å²) in [4.78, 5) is 18.9. The average Bonchev–Trinajstić information content (AvgIpc) is 2.83. The van der Waals surface area contributed by atoms with Gasteiger partial charge in [0.25, 0.3) is 5.91 Å². The number of carbonyl (C=O) groups excluding carboxylic acids is 1. The highest BCUT2D eigenvalue weighted by atomic mass is 32.1. The van der Waals surface area contributed by atoms with Crippen molar-refractivity contribution >= 4 is 17.2 Å². The van der Waals surface area contributed by atoms with Gasteiger partial charge in [-0.05, 0) is 50.9 Å². The number of thiazole rings is 1. The van der Waals surface area contributed by atoms with Gasteiger partial charge in [0.05, 0.1) is 6.61 Å². The molecule has 0 N–H and O–H groups in total. The number of methoxy groups -OCH3 is 1. The second kappa shape index (κ2) is 7.26. The Morgan fingerprint density at radius 3 is 2.70 bits per heavy atom. The number of carbonyl (C=O) groups is 1. The fourth-order valence-electron chi connectivity index (χ4n) is 4.10. The monoisotopic (exact) mass is 340 g/mol. The van der Waals surface area contributed by atoms with Crippen LogP contribution in [0.5, 0.6) is 0 Å². The molecule has 2 aliphatic rings. The van der Waals surface area contributed by atoms with Crippen LogP contribution in [0.2, 0.25) is 0 Å². The van der Waals surface area contributed by atoms with Crippen LogP contribution < -0.4 is 4.80 Å². The molecule has 1 amide bonds. The number of halogens is 1. The van der Waals surface area contributed by atoms with Crippen LogP contribution in [-0.4, -0.2) is 30.4 Å². The molecule has 2 bridgehead atoms. The second-order valence-corrected chi connectivity index (χ2v) is 8.18. The molecule has 4 atom stereocenters. The number of aryl methyl sites for hydroxylation is 1. The van der Waals surface area contributed by atoms with E-state index >= 15 is 0 Å². The quantitative estimate of drug-likeness (QED) is 0.845. The maximum atomic E-state index is 13.6. The van der Waals surface area contributed by atoms with Crippen molar-refractivity contribution < 1.29 is 13.9 Å². The third kappa shape index (κ3) is 4.10. The fourth-order valence-corrected chi connectivity index (χ4v) is 4.96. The zero-order valence-electron chi connectivity index (χ0n) is 13.8. The van der Waals surface area contributed by atoms with E-state index in [-0.39, 0.29) is 11.8 Å². The minimum atomic E-state index is -0.664. The first-order valence-corrected chi connectivity index (χ1v) is 9.25. The summed E-state index contributed by atoms with van der Waals surface area (Å²) in [7, 11) is 1.67. The van der Waals surface area contributed by atoms with E-state index in [1.807, 2.05) is 17.7 Å². The van der Waals surface area contributed by atoms with Gasteiger partial charge in [-0.1, -0.05) is 0 Å². The minimum Gasteiger partial charge on any atom is -0.383 e. The SMILES string of the molecule is COCCn1cc(C)sc1=NC(=O)C1C[C@H]2CC(F)C[C@@H](C1)C2. The first kappa shape index (κ1) is 16.8.